The average Bonchev–Trinajstić information content (AvgIpc) is 3.23. The van der Waals surface area contributed by atoms with E-state index in [2.05, 4.69) is 5.32 Å². The van der Waals surface area contributed by atoms with Gasteiger partial charge in [0.2, 0.25) is 10.0 Å². The minimum Gasteiger partial charge on any atom is -0.388 e. The number of hydrogen-bond acceptors (Lipinski definition) is 5. The molecule has 0 unspecified atom stereocenters. The van der Waals surface area contributed by atoms with E-state index >= 15 is 0 Å². The zero-order chi connectivity index (χ0) is 14.9. The number of anilines is 1. The number of hydrogen-bond donors (Lipinski definition) is 1. The maximum Gasteiger partial charge on any atom is 0.291 e. The fourth-order valence-electron chi connectivity index (χ4n) is 2.15. The average molecular weight is 299 g/mol. The van der Waals surface area contributed by atoms with Crippen LogP contribution in [0.2, 0.25) is 0 Å². The highest BCUT2D eigenvalue weighted by molar-refractivity contribution is 7.89. The van der Waals surface area contributed by atoms with Gasteiger partial charge in [-0.15, -0.1) is 0 Å². The second-order valence-electron chi connectivity index (χ2n) is 4.63. The molecule has 1 aromatic rings. The van der Waals surface area contributed by atoms with Crippen LogP contribution in [0.15, 0.2) is 23.1 Å². The van der Waals surface area contributed by atoms with Crippen molar-refractivity contribution >= 4 is 21.4 Å². The molecule has 0 aromatic heterocycles. The van der Waals surface area contributed by atoms with Crippen LogP contribution in [-0.2, 0) is 10.0 Å². The molecule has 0 amide bonds. The van der Waals surface area contributed by atoms with Crippen LogP contribution in [0, 0.1) is 10.1 Å². The van der Waals surface area contributed by atoms with E-state index in [0.29, 0.717) is 12.2 Å². The molecule has 0 heterocycles. The Labute approximate surface area is 117 Å². The summed E-state index contributed by atoms with van der Waals surface area (Å²) < 4.78 is 26.5. The first-order chi connectivity index (χ1) is 9.41. The largest absolute Gasteiger partial charge is 0.388 e. The third kappa shape index (κ3) is 2.61. The van der Waals surface area contributed by atoms with E-state index in [1.165, 1.54) is 22.5 Å². The van der Waals surface area contributed by atoms with Crippen molar-refractivity contribution in [3.8, 4) is 0 Å². The number of nitrogens with one attached hydrogen (secondary N) is 1. The van der Waals surface area contributed by atoms with Crippen molar-refractivity contribution in [3.63, 3.8) is 0 Å². The fourth-order valence-corrected chi connectivity index (χ4v) is 3.98. The normalized spacial score (nSPS) is 15.3. The maximum atomic E-state index is 12.6. The lowest BCUT2D eigenvalue weighted by Crippen LogP contribution is -2.33. The Kier molecular flexibility index (Phi) is 3.96. The van der Waals surface area contributed by atoms with Crippen LogP contribution in [0.4, 0.5) is 11.4 Å². The van der Waals surface area contributed by atoms with Crippen LogP contribution in [0.3, 0.4) is 0 Å². The number of rotatable bonds is 6. The van der Waals surface area contributed by atoms with Gasteiger partial charge in [0, 0.05) is 31.4 Å². The molecule has 1 aromatic carbocycles. The summed E-state index contributed by atoms with van der Waals surface area (Å²) in [7, 11) is -2.20. The predicted octanol–water partition coefficient (Wildman–Crippen LogP) is 1.81. The van der Waals surface area contributed by atoms with Gasteiger partial charge in [-0.1, -0.05) is 6.92 Å². The highest BCUT2D eigenvalue weighted by atomic mass is 32.2. The molecular weight excluding hydrogens is 282 g/mol. The molecule has 8 heteroatoms. The van der Waals surface area contributed by atoms with Gasteiger partial charge < -0.3 is 5.32 Å². The van der Waals surface area contributed by atoms with Gasteiger partial charge in [0.15, 0.2) is 4.90 Å². The van der Waals surface area contributed by atoms with Gasteiger partial charge in [-0.25, -0.2) is 8.42 Å². The summed E-state index contributed by atoms with van der Waals surface area (Å²) in [5.74, 6) is 0. The van der Waals surface area contributed by atoms with Gasteiger partial charge in [-0.2, -0.15) is 4.31 Å². The van der Waals surface area contributed by atoms with E-state index in [-0.39, 0.29) is 10.9 Å². The van der Waals surface area contributed by atoms with Crippen molar-refractivity contribution in [1.82, 2.24) is 4.31 Å². The molecule has 1 aliphatic carbocycles. The fraction of sp³-hybridized carbons (Fsp3) is 0.500. The highest BCUT2D eigenvalue weighted by Gasteiger charge is 2.39. The number of sulfonamides is 1. The van der Waals surface area contributed by atoms with Crippen molar-refractivity contribution in [2.75, 3.05) is 18.9 Å². The Morgan fingerprint density at radius 3 is 2.55 bits per heavy atom. The van der Waals surface area contributed by atoms with Crippen LogP contribution in [0.1, 0.15) is 19.8 Å². The minimum absolute atomic E-state index is 0.0198. The summed E-state index contributed by atoms with van der Waals surface area (Å²) in [5, 5.41) is 13.9. The number of nitrogens with zero attached hydrogens (tertiary/aromatic N) is 2. The lowest BCUT2D eigenvalue weighted by molar-refractivity contribution is -0.387. The molecule has 7 nitrogen and oxygen atoms in total. The molecule has 0 saturated heterocycles. The molecular formula is C12H17N3O4S. The topological polar surface area (TPSA) is 92.6 Å². The van der Waals surface area contributed by atoms with E-state index in [9.17, 15) is 18.5 Å². The van der Waals surface area contributed by atoms with Crippen molar-refractivity contribution in [3.05, 3.63) is 28.3 Å². The van der Waals surface area contributed by atoms with E-state index in [4.69, 9.17) is 0 Å². The van der Waals surface area contributed by atoms with Gasteiger partial charge in [-0.05, 0) is 25.0 Å². The second kappa shape index (κ2) is 5.37. The van der Waals surface area contributed by atoms with Crippen molar-refractivity contribution < 1.29 is 13.3 Å². The summed E-state index contributed by atoms with van der Waals surface area (Å²) in [6.07, 6.45) is 1.63. The first-order valence-electron chi connectivity index (χ1n) is 6.39. The minimum atomic E-state index is -3.82. The number of nitro groups is 1. The lowest BCUT2D eigenvalue weighted by atomic mass is 10.3. The van der Waals surface area contributed by atoms with Crippen LogP contribution in [-0.4, -0.2) is 37.3 Å². The van der Waals surface area contributed by atoms with E-state index in [0.717, 1.165) is 12.8 Å². The van der Waals surface area contributed by atoms with Crippen molar-refractivity contribution in [1.29, 1.82) is 0 Å². The van der Waals surface area contributed by atoms with Crippen LogP contribution < -0.4 is 5.32 Å². The number of nitro benzene ring substituents is 1. The molecule has 0 aliphatic heterocycles. The molecule has 0 spiro atoms. The third-order valence-electron chi connectivity index (χ3n) is 3.30. The smallest absolute Gasteiger partial charge is 0.291 e. The Morgan fingerprint density at radius 1 is 1.45 bits per heavy atom. The molecule has 20 heavy (non-hydrogen) atoms. The summed E-state index contributed by atoms with van der Waals surface area (Å²) in [6, 6.07) is 4.05. The van der Waals surface area contributed by atoms with E-state index in [1.807, 2.05) is 0 Å². The van der Waals surface area contributed by atoms with Gasteiger partial charge in [0.25, 0.3) is 5.69 Å². The number of benzene rings is 1. The first kappa shape index (κ1) is 14.7. The Hall–Kier alpha value is -1.67. The summed E-state index contributed by atoms with van der Waals surface area (Å²) in [4.78, 5) is 10.2. The second-order valence-corrected chi connectivity index (χ2v) is 6.49. The highest BCUT2D eigenvalue weighted by Crippen LogP contribution is 2.35. The van der Waals surface area contributed by atoms with E-state index < -0.39 is 20.6 Å². The summed E-state index contributed by atoms with van der Waals surface area (Å²) in [5.41, 5.74) is 0.112. The van der Waals surface area contributed by atoms with Crippen LogP contribution in [0.25, 0.3) is 0 Å². The van der Waals surface area contributed by atoms with E-state index in [1.54, 1.807) is 14.0 Å². The van der Waals surface area contributed by atoms with Gasteiger partial charge in [0.05, 0.1) is 4.92 Å². The molecule has 1 fully saturated rings. The first-order valence-corrected chi connectivity index (χ1v) is 7.83. The predicted molar refractivity (Wildman–Crippen MR) is 75.2 cm³/mol. The molecule has 1 aliphatic rings. The summed E-state index contributed by atoms with van der Waals surface area (Å²) in [6.45, 7) is 2.06. The molecule has 2 rings (SSSR count). The summed E-state index contributed by atoms with van der Waals surface area (Å²) >= 11 is 0. The standard InChI is InChI=1S/C12H17N3O4S/c1-3-14(10-5-6-10)20(18,19)12-7-4-9(13-2)8-11(12)15(16)17/h4,7-8,10,13H,3,5-6H2,1-2H3. The zero-order valence-corrected chi connectivity index (χ0v) is 12.2. The van der Waals surface area contributed by atoms with Gasteiger partial charge in [-0.3, -0.25) is 10.1 Å². The monoisotopic (exact) mass is 299 g/mol. The van der Waals surface area contributed by atoms with Gasteiger partial charge in [0.1, 0.15) is 0 Å². The Balaban J connectivity index is 2.52. The molecule has 1 N–H and O–H groups in total. The Bertz CT molecular complexity index is 626. The maximum absolute atomic E-state index is 12.6. The van der Waals surface area contributed by atoms with Gasteiger partial charge >= 0.3 is 0 Å². The zero-order valence-electron chi connectivity index (χ0n) is 11.4. The third-order valence-corrected chi connectivity index (χ3v) is 5.37. The molecule has 0 atom stereocenters. The lowest BCUT2D eigenvalue weighted by Gasteiger charge is -2.20. The molecule has 0 radical (unpaired) electrons. The Morgan fingerprint density at radius 2 is 2.10 bits per heavy atom. The molecule has 0 bridgehead atoms. The van der Waals surface area contributed by atoms with Crippen LogP contribution >= 0.6 is 0 Å². The molecule has 110 valence electrons. The quantitative estimate of drug-likeness (QED) is 0.638. The van der Waals surface area contributed by atoms with Crippen molar-refractivity contribution in [2.45, 2.75) is 30.7 Å². The van der Waals surface area contributed by atoms with Crippen LogP contribution in [0.5, 0.6) is 0 Å². The molecule has 1 saturated carbocycles. The SMILES string of the molecule is CCN(C1CC1)S(=O)(=O)c1ccc(NC)cc1[N+](=O)[O-]. The van der Waals surface area contributed by atoms with Crippen molar-refractivity contribution in [2.24, 2.45) is 0 Å².